The van der Waals surface area contributed by atoms with E-state index in [4.69, 9.17) is 0 Å². The molecule has 1 rings (SSSR count). The summed E-state index contributed by atoms with van der Waals surface area (Å²) in [4.78, 5) is 10.6. The van der Waals surface area contributed by atoms with Gasteiger partial charge in [-0.2, -0.15) is 5.11 Å². The van der Waals surface area contributed by atoms with Gasteiger partial charge in [-0.15, -0.1) is 5.11 Å². The Kier molecular flexibility index (Phi) is 1.43. The van der Waals surface area contributed by atoms with Crippen LogP contribution in [-0.4, -0.2) is 5.91 Å². The summed E-state index contributed by atoms with van der Waals surface area (Å²) in [5.41, 5.74) is 0.702. The Labute approximate surface area is 59.8 Å². The number of amides is 1. The molecule has 0 unspecified atom stereocenters. The lowest BCUT2D eigenvalue weighted by molar-refractivity contribution is -0.113. The van der Waals surface area contributed by atoms with E-state index < -0.39 is 0 Å². The summed E-state index contributed by atoms with van der Waals surface area (Å²) in [7, 11) is 0. The van der Waals surface area contributed by atoms with Gasteiger partial charge in [-0.3, -0.25) is 4.79 Å². The van der Waals surface area contributed by atoms with Crippen LogP contribution < -0.4 is 0 Å². The molecule has 0 aromatic carbocycles. The lowest BCUT2D eigenvalue weighted by Gasteiger charge is -2.14. The number of allylic oxidation sites excluding steroid dienone is 1. The van der Waals surface area contributed by atoms with Crippen molar-refractivity contribution >= 4 is 5.91 Å². The number of hydrogen-bond acceptors (Lipinski definition) is 2. The summed E-state index contributed by atoms with van der Waals surface area (Å²) in [5, 5.41) is 7.10. The molecule has 0 N–H and O–H groups in total. The number of carbonyl (C=O) groups excluding carboxylic acids is 1. The van der Waals surface area contributed by atoms with Gasteiger partial charge in [0, 0.05) is 11.5 Å². The molecule has 3 nitrogen and oxygen atoms in total. The maximum absolute atomic E-state index is 10.6. The lowest BCUT2D eigenvalue weighted by Crippen LogP contribution is -2.06. The van der Waals surface area contributed by atoms with E-state index in [9.17, 15) is 4.79 Å². The fourth-order valence-electron chi connectivity index (χ4n) is 0.644. The minimum absolute atomic E-state index is 0.0599. The van der Waals surface area contributed by atoms with Crippen LogP contribution in [0.2, 0.25) is 0 Å². The first-order chi connectivity index (χ1) is 4.50. The summed E-state index contributed by atoms with van der Waals surface area (Å²) < 4.78 is 0. The fourth-order valence-corrected chi connectivity index (χ4v) is 0.644. The Balaban J connectivity index is 2.88. The number of azo groups is 1. The van der Waals surface area contributed by atoms with E-state index in [-0.39, 0.29) is 11.3 Å². The Morgan fingerprint density at radius 2 is 1.90 bits per heavy atom. The molecular weight excluding hydrogens is 128 g/mol. The zero-order valence-corrected chi connectivity index (χ0v) is 6.38. The van der Waals surface area contributed by atoms with Gasteiger partial charge in [-0.1, -0.05) is 20.8 Å². The highest BCUT2D eigenvalue weighted by molar-refractivity contribution is 5.90. The monoisotopic (exact) mass is 138 g/mol. The second-order valence-electron chi connectivity index (χ2n) is 3.32. The van der Waals surface area contributed by atoms with Crippen molar-refractivity contribution < 1.29 is 4.79 Å². The first-order valence-corrected chi connectivity index (χ1v) is 3.18. The molecule has 1 aliphatic rings. The number of nitrogens with zero attached hydrogens (tertiary/aromatic N) is 2. The third-order valence-corrected chi connectivity index (χ3v) is 1.28. The van der Waals surface area contributed by atoms with Crippen molar-refractivity contribution in [2.75, 3.05) is 0 Å². The maximum Gasteiger partial charge on any atom is 0.290 e. The second-order valence-corrected chi connectivity index (χ2v) is 3.32. The maximum atomic E-state index is 10.6. The van der Waals surface area contributed by atoms with Crippen molar-refractivity contribution in [2.24, 2.45) is 15.6 Å². The predicted octanol–water partition coefficient (Wildman–Crippen LogP) is 1.91. The van der Waals surface area contributed by atoms with Gasteiger partial charge in [0.2, 0.25) is 0 Å². The fraction of sp³-hybridized carbons (Fsp3) is 0.571. The average molecular weight is 138 g/mol. The highest BCUT2D eigenvalue weighted by Crippen LogP contribution is 2.28. The van der Waals surface area contributed by atoms with Gasteiger partial charge in [0.05, 0.1) is 5.70 Å². The smallest absolute Gasteiger partial charge is 0.266 e. The summed E-state index contributed by atoms with van der Waals surface area (Å²) in [5.74, 6) is -0.245. The van der Waals surface area contributed by atoms with Gasteiger partial charge in [0.15, 0.2) is 0 Å². The Morgan fingerprint density at radius 1 is 1.30 bits per heavy atom. The van der Waals surface area contributed by atoms with E-state index in [0.29, 0.717) is 0 Å². The van der Waals surface area contributed by atoms with E-state index in [1.165, 1.54) is 6.08 Å². The van der Waals surface area contributed by atoms with Crippen molar-refractivity contribution in [3.63, 3.8) is 0 Å². The zero-order chi connectivity index (χ0) is 7.78. The van der Waals surface area contributed by atoms with Crippen molar-refractivity contribution in [3.8, 4) is 0 Å². The molecule has 0 atom stereocenters. The van der Waals surface area contributed by atoms with Crippen molar-refractivity contribution in [3.05, 3.63) is 11.8 Å². The van der Waals surface area contributed by atoms with Crippen molar-refractivity contribution in [1.82, 2.24) is 0 Å². The van der Waals surface area contributed by atoms with E-state index in [2.05, 4.69) is 10.2 Å². The van der Waals surface area contributed by atoms with Gasteiger partial charge in [-0.05, 0) is 0 Å². The molecule has 0 fully saturated rings. The topological polar surface area (TPSA) is 41.8 Å². The molecule has 0 bridgehead atoms. The molecule has 0 spiro atoms. The highest BCUT2D eigenvalue weighted by Gasteiger charge is 2.21. The van der Waals surface area contributed by atoms with Crippen molar-refractivity contribution in [2.45, 2.75) is 20.8 Å². The summed E-state index contributed by atoms with van der Waals surface area (Å²) >= 11 is 0. The molecule has 0 aliphatic carbocycles. The van der Waals surface area contributed by atoms with Gasteiger partial charge in [0.1, 0.15) is 0 Å². The van der Waals surface area contributed by atoms with Crippen LogP contribution >= 0.6 is 0 Å². The molecule has 10 heavy (non-hydrogen) atoms. The molecule has 0 aromatic rings. The predicted molar refractivity (Wildman–Crippen MR) is 37.4 cm³/mol. The Hall–Kier alpha value is -0.990. The molecule has 0 aromatic heterocycles. The number of carbonyl (C=O) groups is 1. The van der Waals surface area contributed by atoms with Crippen molar-refractivity contribution in [1.29, 1.82) is 0 Å². The SMILES string of the molecule is CC(C)(C)C1=CC(=O)N=N1. The number of rotatable bonds is 0. The minimum atomic E-state index is -0.245. The summed E-state index contributed by atoms with van der Waals surface area (Å²) in [6.07, 6.45) is 1.47. The first-order valence-electron chi connectivity index (χ1n) is 3.18. The molecule has 0 radical (unpaired) electrons. The molecule has 54 valence electrons. The van der Waals surface area contributed by atoms with Crippen LogP contribution in [-0.2, 0) is 4.79 Å². The van der Waals surface area contributed by atoms with Crippen LogP contribution in [0.25, 0.3) is 0 Å². The summed E-state index contributed by atoms with van der Waals surface area (Å²) in [6, 6.07) is 0. The van der Waals surface area contributed by atoms with Gasteiger partial charge in [-0.25, -0.2) is 0 Å². The van der Waals surface area contributed by atoms with Crippen LogP contribution in [0.15, 0.2) is 22.0 Å². The molecule has 1 amide bonds. The quantitative estimate of drug-likeness (QED) is 0.504. The Morgan fingerprint density at radius 3 is 2.10 bits per heavy atom. The third kappa shape index (κ3) is 1.29. The zero-order valence-electron chi connectivity index (χ0n) is 6.38. The van der Waals surface area contributed by atoms with Crippen LogP contribution in [0.1, 0.15) is 20.8 Å². The van der Waals surface area contributed by atoms with E-state index >= 15 is 0 Å². The standard InChI is InChI=1S/C7H10N2O/c1-7(2,3)5-4-6(10)9-8-5/h4H,1-3H3. The van der Waals surface area contributed by atoms with Gasteiger partial charge >= 0.3 is 0 Å². The van der Waals surface area contributed by atoms with E-state index in [0.717, 1.165) is 5.70 Å². The number of hydrogen-bond donors (Lipinski definition) is 0. The van der Waals surface area contributed by atoms with Gasteiger partial charge < -0.3 is 0 Å². The molecule has 0 saturated carbocycles. The van der Waals surface area contributed by atoms with Crippen LogP contribution in [0.3, 0.4) is 0 Å². The van der Waals surface area contributed by atoms with Crippen LogP contribution in [0.4, 0.5) is 0 Å². The van der Waals surface area contributed by atoms with Crippen LogP contribution in [0, 0.1) is 5.41 Å². The average Bonchev–Trinajstić information content (AvgIpc) is 2.11. The first kappa shape index (κ1) is 7.12. The van der Waals surface area contributed by atoms with E-state index in [1.54, 1.807) is 0 Å². The molecule has 3 heteroatoms. The molecule has 0 saturated heterocycles. The van der Waals surface area contributed by atoms with Gasteiger partial charge in [0.25, 0.3) is 5.91 Å². The molecule has 1 heterocycles. The molecular formula is C7H10N2O. The third-order valence-electron chi connectivity index (χ3n) is 1.28. The second kappa shape index (κ2) is 2.01. The molecule has 1 aliphatic heterocycles. The van der Waals surface area contributed by atoms with Crippen LogP contribution in [0.5, 0.6) is 0 Å². The minimum Gasteiger partial charge on any atom is -0.266 e. The lowest BCUT2D eigenvalue weighted by atomic mass is 9.92. The largest absolute Gasteiger partial charge is 0.290 e. The normalized spacial score (nSPS) is 17.9. The highest BCUT2D eigenvalue weighted by atomic mass is 16.1. The summed E-state index contributed by atoms with van der Waals surface area (Å²) in [6.45, 7) is 5.99. The Bertz CT molecular complexity index is 220. The van der Waals surface area contributed by atoms with E-state index in [1.807, 2.05) is 20.8 Å².